The number of hydrogen-bond acceptors (Lipinski definition) is 1. The summed E-state index contributed by atoms with van der Waals surface area (Å²) in [7, 11) is 1.89. The second kappa shape index (κ2) is 9.69. The normalized spacial score (nSPS) is 13.4. The number of halogens is 6. The van der Waals surface area contributed by atoms with E-state index in [9.17, 15) is 16.9 Å². The van der Waals surface area contributed by atoms with Crippen LogP contribution < -0.4 is 0 Å². The van der Waals surface area contributed by atoms with Gasteiger partial charge in [-0.1, -0.05) is 78.9 Å². The van der Waals surface area contributed by atoms with Gasteiger partial charge in [0.25, 0.3) is 0 Å². The molecular formula is C24H19F6S2Sb. The first-order valence-corrected chi connectivity index (χ1v) is 17.9. The minimum atomic E-state index is -11.2. The van der Waals surface area contributed by atoms with Gasteiger partial charge in [0.2, 0.25) is 0 Å². The third-order valence-corrected chi connectivity index (χ3v) is 8.32. The molecule has 0 N–H and O–H groups in total. The molecule has 0 saturated carbocycles. The molecule has 0 bridgehead atoms. The summed E-state index contributed by atoms with van der Waals surface area (Å²) in [4.78, 5) is 4.01. The molecule has 0 heterocycles. The first kappa shape index (κ1) is 25.6. The van der Waals surface area contributed by atoms with E-state index in [0.717, 1.165) is 0 Å². The summed E-state index contributed by atoms with van der Waals surface area (Å²) < 4.78 is 59.6. The van der Waals surface area contributed by atoms with Crippen LogP contribution in [-0.4, -0.2) is 19.5 Å². The Labute approximate surface area is 197 Å². The van der Waals surface area contributed by atoms with Crippen molar-refractivity contribution < 1.29 is 16.9 Å². The van der Waals surface area contributed by atoms with E-state index in [0.29, 0.717) is 0 Å². The van der Waals surface area contributed by atoms with Gasteiger partial charge in [-0.3, -0.25) is 0 Å². The zero-order chi connectivity index (χ0) is 24.0. The fraction of sp³-hybridized carbons (Fsp3) is 0. The molecule has 0 radical (unpaired) electrons. The van der Waals surface area contributed by atoms with E-state index in [-0.39, 0.29) is 9.93 Å². The number of rotatable bonds is 5. The van der Waals surface area contributed by atoms with Crippen LogP contribution in [0.5, 0.6) is 0 Å². The zero-order valence-corrected chi connectivity index (χ0v) is 21.2. The van der Waals surface area contributed by atoms with Crippen molar-refractivity contribution in [2.75, 3.05) is 0 Å². The molecule has 0 aromatic heterocycles. The summed E-state index contributed by atoms with van der Waals surface area (Å²) in [6.07, 6.45) is 0. The zero-order valence-electron chi connectivity index (χ0n) is 17.0. The van der Waals surface area contributed by atoms with Crippen molar-refractivity contribution in [2.24, 2.45) is 0 Å². The third kappa shape index (κ3) is 10.2. The van der Waals surface area contributed by atoms with Crippen LogP contribution in [-0.2, 0) is 9.93 Å². The van der Waals surface area contributed by atoms with Gasteiger partial charge < -0.3 is 0 Å². The number of benzene rings is 4. The quantitative estimate of drug-likeness (QED) is 0.0944. The van der Waals surface area contributed by atoms with Crippen molar-refractivity contribution in [3.05, 3.63) is 115 Å². The molecular weight excluding hydrogens is 588 g/mol. The van der Waals surface area contributed by atoms with Gasteiger partial charge in [-0.05, 0) is 47.5 Å². The van der Waals surface area contributed by atoms with Gasteiger partial charge >= 0.3 is 36.4 Å². The average molecular weight is 607 g/mol. The molecule has 0 unspecified atom stereocenters. The van der Waals surface area contributed by atoms with Crippen LogP contribution in [0.25, 0.3) is 11.1 Å². The Morgan fingerprint density at radius 3 is 1.18 bits per heavy atom. The van der Waals surface area contributed by atoms with Crippen LogP contribution in [0.2, 0.25) is 0 Å². The van der Waals surface area contributed by atoms with Crippen LogP contribution in [0.1, 0.15) is 0 Å². The van der Waals surface area contributed by atoms with E-state index in [1.807, 2.05) is 10.8 Å². The largest absolute Gasteiger partial charge is 0.174 e. The fourth-order valence-corrected chi connectivity index (χ4v) is 6.62. The second-order valence-electron chi connectivity index (χ2n) is 6.83. The van der Waals surface area contributed by atoms with Gasteiger partial charge in [-0.25, -0.2) is 0 Å². The molecule has 0 saturated heterocycles. The minimum Gasteiger partial charge on any atom is -0.0622 e. The van der Waals surface area contributed by atoms with Gasteiger partial charge in [0.15, 0.2) is 9.79 Å². The van der Waals surface area contributed by atoms with Crippen LogP contribution in [0.4, 0.5) is 16.9 Å². The van der Waals surface area contributed by atoms with Crippen LogP contribution in [0, 0.1) is 0 Å². The van der Waals surface area contributed by atoms with E-state index >= 15 is 0 Å². The predicted octanol–water partition coefficient (Wildman–Crippen LogP) is 9.24. The first-order chi connectivity index (χ1) is 15.3. The monoisotopic (exact) mass is 606 g/mol. The second-order valence-corrected chi connectivity index (χ2v) is 15.9. The van der Waals surface area contributed by atoms with Crippen molar-refractivity contribution in [2.45, 2.75) is 14.7 Å². The topological polar surface area (TPSA) is 0 Å². The van der Waals surface area contributed by atoms with Crippen molar-refractivity contribution in [3.8, 4) is 11.1 Å². The molecule has 9 heteroatoms. The standard InChI is InChI=1S/C24H19S2.6FH.Sb/c1-4-10-20(11-5-1)21-16-18-22(19-17-21)25-26(23-12-6-2-7-13-23)24-14-8-3-9-15-24;;;;;;;/h1-19H;6*1H;/q+1;;;;;;;+5/p-6. The molecule has 4 rings (SSSR count). The van der Waals surface area contributed by atoms with Crippen molar-refractivity contribution in [1.82, 2.24) is 0 Å². The molecule has 0 atom stereocenters. The van der Waals surface area contributed by atoms with Gasteiger partial charge in [0.1, 0.15) is 20.7 Å². The molecule has 0 aliphatic rings. The molecule has 0 fully saturated rings. The summed E-state index contributed by atoms with van der Waals surface area (Å²) >= 11 is -11.2. The third-order valence-electron chi connectivity index (χ3n) is 4.06. The van der Waals surface area contributed by atoms with E-state index < -0.39 is 19.5 Å². The predicted molar refractivity (Wildman–Crippen MR) is 127 cm³/mol. The summed E-state index contributed by atoms with van der Waals surface area (Å²) in [5, 5.41) is 0. The molecule has 33 heavy (non-hydrogen) atoms. The summed E-state index contributed by atoms with van der Waals surface area (Å²) in [6.45, 7) is 0. The maximum absolute atomic E-state index is 11.2. The SMILES string of the molecule is [F][Sb-]([F])([F])([F])([F])[F].c1ccc(-c2ccc(S[S+](c3ccccc3)c3ccccc3)cc2)cc1. The first-order valence-electron chi connectivity index (χ1n) is 9.60. The Morgan fingerprint density at radius 2 is 0.788 bits per heavy atom. The molecule has 0 nitrogen and oxygen atoms in total. The Kier molecular flexibility index (Phi) is 7.51. The molecule has 4 aromatic carbocycles. The number of hydrogen-bond donors (Lipinski definition) is 0. The maximum Gasteiger partial charge on any atom is 0.174 e. The van der Waals surface area contributed by atoms with Crippen LogP contribution >= 0.6 is 10.8 Å². The summed E-state index contributed by atoms with van der Waals surface area (Å²) in [6, 6.07) is 41.0. The molecule has 0 aliphatic carbocycles. The van der Waals surface area contributed by atoms with Crippen molar-refractivity contribution >= 4 is 40.2 Å². The van der Waals surface area contributed by atoms with Gasteiger partial charge in [-0.2, -0.15) is 0 Å². The molecule has 0 amide bonds. The summed E-state index contributed by atoms with van der Waals surface area (Å²) in [5.74, 6) is 0. The van der Waals surface area contributed by atoms with E-state index in [1.54, 1.807) is 0 Å². The van der Waals surface area contributed by atoms with E-state index in [4.69, 9.17) is 0 Å². The van der Waals surface area contributed by atoms with Gasteiger partial charge in [0, 0.05) is 0 Å². The smallest absolute Gasteiger partial charge is 0.0622 e. The van der Waals surface area contributed by atoms with E-state index in [1.165, 1.54) is 25.8 Å². The van der Waals surface area contributed by atoms with Crippen molar-refractivity contribution in [3.63, 3.8) is 0 Å². The Bertz CT molecular complexity index is 1100. The van der Waals surface area contributed by atoms with Gasteiger partial charge in [0.05, 0.1) is 4.90 Å². The maximum atomic E-state index is 9.93. The molecule has 0 spiro atoms. The van der Waals surface area contributed by atoms with Crippen LogP contribution in [0.15, 0.2) is 130 Å². The van der Waals surface area contributed by atoms with Crippen LogP contribution in [0.3, 0.4) is 0 Å². The average Bonchev–Trinajstić information content (AvgIpc) is 2.78. The summed E-state index contributed by atoms with van der Waals surface area (Å²) in [5.41, 5.74) is 2.52. The molecule has 0 aliphatic heterocycles. The molecule has 174 valence electrons. The Balaban J connectivity index is 0.000000383. The van der Waals surface area contributed by atoms with Gasteiger partial charge in [-0.15, -0.1) is 0 Å². The fourth-order valence-electron chi connectivity index (χ4n) is 2.75. The van der Waals surface area contributed by atoms with Crippen molar-refractivity contribution in [1.29, 1.82) is 0 Å². The molecule has 4 aromatic rings. The Morgan fingerprint density at radius 1 is 0.455 bits per heavy atom. The van der Waals surface area contributed by atoms with E-state index in [2.05, 4.69) is 115 Å². The minimum absolute atomic E-state index is 0.0367. The Hall–Kier alpha value is -2.02.